The summed E-state index contributed by atoms with van der Waals surface area (Å²) in [6.07, 6.45) is 0.548. The van der Waals surface area contributed by atoms with Gasteiger partial charge in [0.1, 0.15) is 0 Å². The number of halogens is 1. The molecular formula is C14H16BrNO3. The highest BCUT2D eigenvalue weighted by atomic mass is 79.9. The fourth-order valence-electron chi connectivity index (χ4n) is 2.24. The number of alkyl halides is 1. The Morgan fingerprint density at radius 3 is 2.84 bits per heavy atom. The van der Waals surface area contributed by atoms with Crippen LogP contribution in [0.1, 0.15) is 22.3 Å². The van der Waals surface area contributed by atoms with Crippen molar-refractivity contribution in [3.8, 4) is 0 Å². The number of methoxy groups -OCH3 is 1. The molecule has 19 heavy (non-hydrogen) atoms. The lowest BCUT2D eigenvalue weighted by atomic mass is 10.1. The second kappa shape index (κ2) is 5.74. The lowest BCUT2D eigenvalue weighted by Crippen LogP contribution is -2.25. The number of hydrogen-bond donors (Lipinski definition) is 0. The molecule has 1 aliphatic rings. The van der Waals surface area contributed by atoms with Crippen LogP contribution in [0.2, 0.25) is 0 Å². The van der Waals surface area contributed by atoms with E-state index in [-0.39, 0.29) is 11.9 Å². The largest absolute Gasteiger partial charge is 0.465 e. The fraction of sp³-hybridized carbons (Fsp3) is 0.429. The molecule has 0 saturated carbocycles. The Balaban J connectivity index is 2.31. The highest BCUT2D eigenvalue weighted by Crippen LogP contribution is 2.27. The van der Waals surface area contributed by atoms with Gasteiger partial charge in [0.25, 0.3) is 0 Å². The number of ether oxygens (including phenoxy) is 1. The molecule has 1 heterocycles. The summed E-state index contributed by atoms with van der Waals surface area (Å²) >= 11 is 3.41. The lowest BCUT2D eigenvalue weighted by Gasteiger charge is -2.18. The molecule has 1 amide bonds. The van der Waals surface area contributed by atoms with E-state index in [0.717, 1.165) is 16.6 Å². The second-order valence-electron chi connectivity index (χ2n) is 4.72. The average molecular weight is 326 g/mol. The molecule has 1 saturated heterocycles. The van der Waals surface area contributed by atoms with E-state index in [1.165, 1.54) is 7.11 Å². The maximum absolute atomic E-state index is 12.0. The predicted molar refractivity (Wildman–Crippen MR) is 76.8 cm³/mol. The first kappa shape index (κ1) is 14.1. The Morgan fingerprint density at radius 2 is 2.26 bits per heavy atom. The zero-order valence-electron chi connectivity index (χ0n) is 11.0. The standard InChI is InChI=1S/C14H16BrNO3/c1-9-3-4-11(6-12(9)14(18)19-2)16-8-10(7-15)5-13(16)17/h3-4,6,10H,5,7-8H2,1-2H3. The Bertz CT molecular complexity index is 515. The minimum Gasteiger partial charge on any atom is -0.465 e. The monoisotopic (exact) mass is 325 g/mol. The van der Waals surface area contributed by atoms with Crippen LogP contribution in [0.5, 0.6) is 0 Å². The number of rotatable bonds is 3. The van der Waals surface area contributed by atoms with Crippen molar-refractivity contribution in [3.63, 3.8) is 0 Å². The predicted octanol–water partition coefficient (Wildman–Crippen LogP) is 2.53. The van der Waals surface area contributed by atoms with E-state index < -0.39 is 0 Å². The molecule has 102 valence electrons. The minimum absolute atomic E-state index is 0.101. The van der Waals surface area contributed by atoms with Crippen LogP contribution in [-0.2, 0) is 9.53 Å². The Labute approximate surface area is 120 Å². The third-order valence-corrected chi connectivity index (χ3v) is 4.28. The summed E-state index contributed by atoms with van der Waals surface area (Å²) in [5.74, 6) is 0.0579. The van der Waals surface area contributed by atoms with Gasteiger partial charge in [0.05, 0.1) is 12.7 Å². The molecular weight excluding hydrogens is 310 g/mol. The molecule has 5 heteroatoms. The normalized spacial score (nSPS) is 18.8. The van der Waals surface area contributed by atoms with Crippen molar-refractivity contribution >= 4 is 33.5 Å². The molecule has 1 aromatic carbocycles. The van der Waals surface area contributed by atoms with E-state index in [1.807, 2.05) is 19.1 Å². The van der Waals surface area contributed by atoms with Crippen molar-refractivity contribution in [1.29, 1.82) is 0 Å². The molecule has 0 aromatic heterocycles. The molecule has 1 unspecified atom stereocenters. The smallest absolute Gasteiger partial charge is 0.338 e. The summed E-state index contributed by atoms with van der Waals surface area (Å²) in [4.78, 5) is 25.4. The second-order valence-corrected chi connectivity index (χ2v) is 5.37. The van der Waals surface area contributed by atoms with Crippen molar-refractivity contribution in [2.45, 2.75) is 13.3 Å². The molecule has 1 aromatic rings. The molecule has 2 rings (SSSR count). The van der Waals surface area contributed by atoms with Crippen LogP contribution in [0.15, 0.2) is 18.2 Å². The van der Waals surface area contributed by atoms with Gasteiger partial charge in [0.15, 0.2) is 0 Å². The maximum Gasteiger partial charge on any atom is 0.338 e. The minimum atomic E-state index is -0.372. The first-order valence-corrected chi connectivity index (χ1v) is 7.24. The van der Waals surface area contributed by atoms with Gasteiger partial charge in [-0.2, -0.15) is 0 Å². The highest BCUT2D eigenvalue weighted by Gasteiger charge is 2.30. The molecule has 0 aliphatic carbocycles. The average Bonchev–Trinajstić information content (AvgIpc) is 2.80. The number of benzene rings is 1. The zero-order chi connectivity index (χ0) is 14.0. The van der Waals surface area contributed by atoms with Gasteiger partial charge in [0, 0.05) is 24.0 Å². The van der Waals surface area contributed by atoms with Gasteiger partial charge in [-0.05, 0) is 30.5 Å². The summed E-state index contributed by atoms with van der Waals surface area (Å²) in [7, 11) is 1.36. The summed E-state index contributed by atoms with van der Waals surface area (Å²) in [5.41, 5.74) is 2.12. The van der Waals surface area contributed by atoms with Crippen molar-refractivity contribution < 1.29 is 14.3 Å². The van der Waals surface area contributed by atoms with Crippen LogP contribution >= 0.6 is 15.9 Å². The zero-order valence-corrected chi connectivity index (χ0v) is 12.6. The lowest BCUT2D eigenvalue weighted by molar-refractivity contribution is -0.117. The van der Waals surface area contributed by atoms with Gasteiger partial charge in [-0.3, -0.25) is 4.79 Å². The number of amides is 1. The molecule has 1 fully saturated rings. The third-order valence-electron chi connectivity index (χ3n) is 3.36. The first-order chi connectivity index (χ1) is 9.06. The van der Waals surface area contributed by atoms with Crippen LogP contribution in [-0.4, -0.2) is 30.9 Å². The number of aryl methyl sites for hydroxylation is 1. The number of carbonyl (C=O) groups is 2. The topological polar surface area (TPSA) is 46.6 Å². The number of esters is 1. The first-order valence-electron chi connectivity index (χ1n) is 6.12. The van der Waals surface area contributed by atoms with E-state index in [9.17, 15) is 9.59 Å². The van der Waals surface area contributed by atoms with Crippen LogP contribution in [0.25, 0.3) is 0 Å². The van der Waals surface area contributed by atoms with Crippen molar-refractivity contribution in [3.05, 3.63) is 29.3 Å². The van der Waals surface area contributed by atoms with Crippen molar-refractivity contribution in [2.24, 2.45) is 5.92 Å². The summed E-state index contributed by atoms with van der Waals surface area (Å²) < 4.78 is 4.75. The number of anilines is 1. The van der Waals surface area contributed by atoms with Crippen LogP contribution in [0.3, 0.4) is 0 Å². The van der Waals surface area contributed by atoms with Gasteiger partial charge in [-0.15, -0.1) is 0 Å². The Morgan fingerprint density at radius 1 is 1.53 bits per heavy atom. The fourth-order valence-corrected chi connectivity index (χ4v) is 2.68. The Hall–Kier alpha value is -1.36. The van der Waals surface area contributed by atoms with Gasteiger partial charge in [-0.1, -0.05) is 22.0 Å². The van der Waals surface area contributed by atoms with Gasteiger partial charge in [0.2, 0.25) is 5.91 Å². The summed E-state index contributed by atoms with van der Waals surface area (Å²) in [6.45, 7) is 2.54. The van der Waals surface area contributed by atoms with Crippen LogP contribution in [0, 0.1) is 12.8 Å². The van der Waals surface area contributed by atoms with Crippen molar-refractivity contribution in [2.75, 3.05) is 23.9 Å². The molecule has 1 aliphatic heterocycles. The Kier molecular flexibility index (Phi) is 4.24. The highest BCUT2D eigenvalue weighted by molar-refractivity contribution is 9.09. The van der Waals surface area contributed by atoms with Crippen LogP contribution in [0.4, 0.5) is 5.69 Å². The molecule has 1 atom stereocenters. The third kappa shape index (κ3) is 2.81. The van der Waals surface area contributed by atoms with E-state index in [2.05, 4.69) is 15.9 Å². The molecule has 0 radical (unpaired) electrons. The van der Waals surface area contributed by atoms with E-state index >= 15 is 0 Å². The number of hydrogen-bond acceptors (Lipinski definition) is 3. The quantitative estimate of drug-likeness (QED) is 0.633. The van der Waals surface area contributed by atoms with Gasteiger partial charge in [-0.25, -0.2) is 4.79 Å². The van der Waals surface area contributed by atoms with E-state index in [0.29, 0.717) is 24.4 Å². The molecule has 0 N–H and O–H groups in total. The molecule has 4 nitrogen and oxygen atoms in total. The van der Waals surface area contributed by atoms with Gasteiger partial charge >= 0.3 is 5.97 Å². The number of carbonyl (C=O) groups excluding carboxylic acids is 2. The molecule has 0 bridgehead atoms. The van der Waals surface area contributed by atoms with Gasteiger partial charge < -0.3 is 9.64 Å². The summed E-state index contributed by atoms with van der Waals surface area (Å²) in [6, 6.07) is 5.45. The SMILES string of the molecule is COC(=O)c1cc(N2CC(CBr)CC2=O)ccc1C. The van der Waals surface area contributed by atoms with E-state index in [4.69, 9.17) is 4.74 Å². The van der Waals surface area contributed by atoms with Crippen molar-refractivity contribution in [1.82, 2.24) is 0 Å². The van der Waals surface area contributed by atoms with Crippen LogP contribution < -0.4 is 4.90 Å². The maximum atomic E-state index is 12.0. The number of nitrogens with zero attached hydrogens (tertiary/aromatic N) is 1. The van der Waals surface area contributed by atoms with E-state index in [1.54, 1.807) is 11.0 Å². The summed E-state index contributed by atoms with van der Waals surface area (Å²) in [5, 5.41) is 0.810. The molecule has 0 spiro atoms.